The molecule has 2 aliphatic rings. The van der Waals surface area contributed by atoms with Crippen molar-refractivity contribution in [2.24, 2.45) is 5.73 Å². The monoisotopic (exact) mass is 285 g/mol. The van der Waals surface area contributed by atoms with Crippen molar-refractivity contribution in [3.8, 4) is 11.8 Å². The number of amides is 1. The maximum absolute atomic E-state index is 12.7. The van der Waals surface area contributed by atoms with Crippen molar-refractivity contribution in [2.45, 2.75) is 31.4 Å². The summed E-state index contributed by atoms with van der Waals surface area (Å²) in [6, 6.07) is 2.00. The molecule has 3 rings (SSSR count). The molecule has 0 bridgehead atoms. The third-order valence-electron chi connectivity index (χ3n) is 4.06. The van der Waals surface area contributed by atoms with Gasteiger partial charge in [0.1, 0.15) is 0 Å². The van der Waals surface area contributed by atoms with E-state index in [9.17, 15) is 4.79 Å². The number of hydrogen-bond donors (Lipinski definition) is 1. The molecule has 1 saturated heterocycles. The molecule has 1 saturated carbocycles. The Morgan fingerprint density at radius 2 is 2.38 bits per heavy atom. The molecular formula is C16H19N3O2. The SMILES string of the molecule is NCC#Cc1cncc(C(=O)N2CCOC3CCCC32)c1. The molecule has 1 aliphatic carbocycles. The van der Waals surface area contributed by atoms with Crippen LogP contribution in [-0.2, 0) is 4.74 Å². The Labute approximate surface area is 124 Å². The average Bonchev–Trinajstić information content (AvgIpc) is 3.01. The molecular weight excluding hydrogens is 266 g/mol. The van der Waals surface area contributed by atoms with Gasteiger partial charge in [0.25, 0.3) is 5.91 Å². The first kappa shape index (κ1) is 14.1. The van der Waals surface area contributed by atoms with E-state index in [1.54, 1.807) is 18.5 Å². The van der Waals surface area contributed by atoms with Crippen LogP contribution in [0.25, 0.3) is 0 Å². The number of rotatable bonds is 1. The summed E-state index contributed by atoms with van der Waals surface area (Å²) in [5, 5.41) is 0. The molecule has 21 heavy (non-hydrogen) atoms. The van der Waals surface area contributed by atoms with Crippen LogP contribution in [0.1, 0.15) is 35.2 Å². The summed E-state index contributed by atoms with van der Waals surface area (Å²) in [4.78, 5) is 18.8. The van der Waals surface area contributed by atoms with E-state index in [0.717, 1.165) is 24.8 Å². The smallest absolute Gasteiger partial charge is 0.255 e. The van der Waals surface area contributed by atoms with Gasteiger partial charge < -0.3 is 15.4 Å². The Balaban J connectivity index is 1.81. The molecule has 2 fully saturated rings. The number of fused-ring (bicyclic) bond motifs is 1. The number of morpholine rings is 1. The molecule has 2 N–H and O–H groups in total. The zero-order valence-corrected chi connectivity index (χ0v) is 11.9. The molecule has 2 heterocycles. The van der Waals surface area contributed by atoms with Crippen LogP contribution in [0, 0.1) is 11.8 Å². The summed E-state index contributed by atoms with van der Waals surface area (Å²) in [5.74, 6) is 5.72. The van der Waals surface area contributed by atoms with Crippen molar-refractivity contribution in [1.82, 2.24) is 9.88 Å². The summed E-state index contributed by atoms with van der Waals surface area (Å²) < 4.78 is 5.75. The minimum absolute atomic E-state index is 0.0269. The number of hydrogen-bond acceptors (Lipinski definition) is 4. The van der Waals surface area contributed by atoms with Crippen molar-refractivity contribution in [2.75, 3.05) is 19.7 Å². The van der Waals surface area contributed by atoms with Gasteiger partial charge in [0.15, 0.2) is 0 Å². The maximum Gasteiger partial charge on any atom is 0.255 e. The number of aromatic nitrogens is 1. The van der Waals surface area contributed by atoms with Crippen LogP contribution in [0.2, 0.25) is 0 Å². The molecule has 2 atom stereocenters. The maximum atomic E-state index is 12.7. The van der Waals surface area contributed by atoms with Gasteiger partial charge in [-0.15, -0.1) is 0 Å². The van der Waals surface area contributed by atoms with Crippen LogP contribution in [0.3, 0.4) is 0 Å². The number of carbonyl (C=O) groups excluding carboxylic acids is 1. The molecule has 0 spiro atoms. The van der Waals surface area contributed by atoms with Gasteiger partial charge in [-0.25, -0.2) is 0 Å². The molecule has 2 unspecified atom stereocenters. The van der Waals surface area contributed by atoms with E-state index in [2.05, 4.69) is 16.8 Å². The number of nitrogens with zero attached hydrogens (tertiary/aromatic N) is 2. The van der Waals surface area contributed by atoms with Gasteiger partial charge in [-0.1, -0.05) is 11.8 Å². The Kier molecular flexibility index (Phi) is 4.18. The van der Waals surface area contributed by atoms with E-state index in [1.807, 2.05) is 4.90 Å². The quantitative estimate of drug-likeness (QED) is 0.774. The first-order valence-electron chi connectivity index (χ1n) is 7.36. The lowest BCUT2D eigenvalue weighted by atomic mass is 10.1. The Hall–Kier alpha value is -1.90. The van der Waals surface area contributed by atoms with Gasteiger partial charge in [0, 0.05) is 24.5 Å². The minimum atomic E-state index is 0.0269. The van der Waals surface area contributed by atoms with Crippen molar-refractivity contribution in [3.63, 3.8) is 0 Å². The fourth-order valence-corrected chi connectivity index (χ4v) is 3.12. The number of ether oxygens (including phenoxy) is 1. The van der Waals surface area contributed by atoms with Gasteiger partial charge in [-0.3, -0.25) is 9.78 Å². The molecule has 1 aromatic heterocycles. The largest absolute Gasteiger partial charge is 0.374 e. The number of carbonyl (C=O) groups is 1. The summed E-state index contributed by atoms with van der Waals surface area (Å²) in [6.07, 6.45) is 6.66. The standard InChI is InChI=1S/C16H19N3O2/c17-6-2-3-12-9-13(11-18-10-12)16(20)19-7-8-21-15-5-1-4-14(15)19/h9-11,14-15H,1,4-8,17H2. The normalized spacial score (nSPS) is 24.1. The molecule has 1 aromatic rings. The van der Waals surface area contributed by atoms with E-state index < -0.39 is 0 Å². The van der Waals surface area contributed by atoms with E-state index in [0.29, 0.717) is 25.3 Å². The van der Waals surface area contributed by atoms with Crippen molar-refractivity contribution >= 4 is 5.91 Å². The molecule has 1 aliphatic heterocycles. The van der Waals surface area contributed by atoms with E-state index in [-0.39, 0.29) is 18.1 Å². The highest BCUT2D eigenvalue weighted by Crippen LogP contribution is 2.30. The first-order valence-corrected chi connectivity index (χ1v) is 7.36. The van der Waals surface area contributed by atoms with E-state index in [1.165, 1.54) is 0 Å². The fourth-order valence-electron chi connectivity index (χ4n) is 3.12. The van der Waals surface area contributed by atoms with Crippen LogP contribution in [0.5, 0.6) is 0 Å². The van der Waals surface area contributed by atoms with Gasteiger partial charge in [0.2, 0.25) is 0 Å². The second-order valence-corrected chi connectivity index (χ2v) is 5.37. The predicted molar refractivity (Wildman–Crippen MR) is 78.6 cm³/mol. The van der Waals surface area contributed by atoms with Crippen LogP contribution in [0.15, 0.2) is 18.5 Å². The van der Waals surface area contributed by atoms with Crippen molar-refractivity contribution in [3.05, 3.63) is 29.6 Å². The van der Waals surface area contributed by atoms with Crippen molar-refractivity contribution in [1.29, 1.82) is 0 Å². The second-order valence-electron chi connectivity index (χ2n) is 5.37. The van der Waals surface area contributed by atoms with Crippen LogP contribution in [0.4, 0.5) is 0 Å². The van der Waals surface area contributed by atoms with Crippen molar-refractivity contribution < 1.29 is 9.53 Å². The molecule has 0 radical (unpaired) electrons. The summed E-state index contributed by atoms with van der Waals surface area (Å²) in [6.45, 7) is 1.57. The third kappa shape index (κ3) is 2.92. The van der Waals surface area contributed by atoms with Gasteiger partial charge in [0.05, 0.1) is 30.9 Å². The lowest BCUT2D eigenvalue weighted by molar-refractivity contribution is -0.0445. The van der Waals surface area contributed by atoms with E-state index in [4.69, 9.17) is 10.5 Å². The van der Waals surface area contributed by atoms with E-state index >= 15 is 0 Å². The zero-order chi connectivity index (χ0) is 14.7. The van der Waals surface area contributed by atoms with Crippen LogP contribution < -0.4 is 5.73 Å². The lowest BCUT2D eigenvalue weighted by Gasteiger charge is -2.37. The third-order valence-corrected chi connectivity index (χ3v) is 4.06. The number of nitrogens with two attached hydrogens (primary N) is 1. The molecule has 0 aromatic carbocycles. The van der Waals surface area contributed by atoms with Gasteiger partial charge >= 0.3 is 0 Å². The average molecular weight is 285 g/mol. The Bertz CT molecular complexity index is 591. The summed E-state index contributed by atoms with van der Waals surface area (Å²) in [5.41, 5.74) is 6.68. The highest BCUT2D eigenvalue weighted by molar-refractivity contribution is 5.94. The summed E-state index contributed by atoms with van der Waals surface area (Å²) >= 11 is 0. The predicted octanol–water partition coefficient (Wildman–Crippen LogP) is 0.785. The topological polar surface area (TPSA) is 68.5 Å². The minimum Gasteiger partial charge on any atom is -0.374 e. The molecule has 110 valence electrons. The Morgan fingerprint density at radius 3 is 3.24 bits per heavy atom. The zero-order valence-electron chi connectivity index (χ0n) is 11.9. The van der Waals surface area contributed by atoms with Gasteiger partial charge in [-0.2, -0.15) is 0 Å². The molecule has 1 amide bonds. The summed E-state index contributed by atoms with van der Waals surface area (Å²) in [7, 11) is 0. The number of pyridine rings is 1. The highest BCUT2D eigenvalue weighted by Gasteiger charge is 2.38. The highest BCUT2D eigenvalue weighted by atomic mass is 16.5. The van der Waals surface area contributed by atoms with Gasteiger partial charge in [-0.05, 0) is 25.3 Å². The second kappa shape index (κ2) is 6.25. The van der Waals surface area contributed by atoms with Crippen LogP contribution >= 0.6 is 0 Å². The lowest BCUT2D eigenvalue weighted by Crippen LogP contribution is -2.51. The Morgan fingerprint density at radius 1 is 1.48 bits per heavy atom. The fraction of sp³-hybridized carbons (Fsp3) is 0.500. The first-order chi connectivity index (χ1) is 10.3. The molecule has 5 heteroatoms. The molecule has 5 nitrogen and oxygen atoms in total. The van der Waals surface area contributed by atoms with Crippen LogP contribution in [-0.4, -0.2) is 47.6 Å².